The number of hydrogen-bond donors (Lipinski definition) is 2. The average Bonchev–Trinajstić information content (AvgIpc) is 2.62. The molecule has 2 N–H and O–H groups in total. The van der Waals surface area contributed by atoms with Gasteiger partial charge in [0.25, 0.3) is 0 Å². The van der Waals surface area contributed by atoms with Gasteiger partial charge in [-0.1, -0.05) is 6.92 Å². The fraction of sp³-hybridized carbons (Fsp3) is 0.556. The van der Waals surface area contributed by atoms with E-state index in [2.05, 4.69) is 0 Å². The van der Waals surface area contributed by atoms with Gasteiger partial charge in [-0.25, -0.2) is 0 Å². The second-order valence-corrected chi connectivity index (χ2v) is 2.93. The van der Waals surface area contributed by atoms with Crippen molar-refractivity contribution >= 4 is 0 Å². The molecule has 1 rings (SSSR count). The van der Waals surface area contributed by atoms with Gasteiger partial charge >= 0.3 is 0 Å². The molecule has 0 radical (unpaired) electrons. The van der Waals surface area contributed by atoms with Gasteiger partial charge in [0.2, 0.25) is 0 Å². The lowest BCUT2D eigenvalue weighted by Crippen LogP contribution is -2.33. The maximum absolute atomic E-state index is 9.13. The quantitative estimate of drug-likeness (QED) is 0.706. The van der Waals surface area contributed by atoms with Crippen LogP contribution in [0, 0.1) is 0 Å². The van der Waals surface area contributed by atoms with Gasteiger partial charge in [-0.15, -0.1) is 0 Å². The molecule has 1 aromatic rings. The fourth-order valence-electron chi connectivity index (χ4n) is 1.18. The zero-order chi connectivity index (χ0) is 9.03. The van der Waals surface area contributed by atoms with Crippen molar-refractivity contribution in [2.45, 2.75) is 18.8 Å². The topological polar surface area (TPSA) is 53.6 Å². The Hall–Kier alpha value is -0.800. The van der Waals surface area contributed by atoms with E-state index in [0.29, 0.717) is 12.2 Å². The molecule has 0 fully saturated rings. The molecule has 0 saturated heterocycles. The van der Waals surface area contributed by atoms with E-state index in [9.17, 15) is 0 Å². The standard InChI is InChI=1S/C9H14O3/c1-2-9(6-10,7-11)8-4-3-5-12-8/h3-5,10-11H,2,6-7H2,1H3. The van der Waals surface area contributed by atoms with E-state index < -0.39 is 5.41 Å². The van der Waals surface area contributed by atoms with Crippen molar-refractivity contribution in [1.82, 2.24) is 0 Å². The average molecular weight is 170 g/mol. The van der Waals surface area contributed by atoms with E-state index in [-0.39, 0.29) is 13.2 Å². The van der Waals surface area contributed by atoms with E-state index in [1.807, 2.05) is 6.92 Å². The molecule has 1 heterocycles. The lowest BCUT2D eigenvalue weighted by molar-refractivity contribution is 0.0959. The normalized spacial score (nSPS) is 11.9. The number of rotatable bonds is 4. The fourth-order valence-corrected chi connectivity index (χ4v) is 1.18. The summed E-state index contributed by atoms with van der Waals surface area (Å²) in [5.74, 6) is 0.648. The van der Waals surface area contributed by atoms with Crippen LogP contribution in [-0.2, 0) is 5.41 Å². The first-order chi connectivity index (χ1) is 5.79. The van der Waals surface area contributed by atoms with Crippen LogP contribution >= 0.6 is 0 Å². The predicted molar refractivity (Wildman–Crippen MR) is 44.8 cm³/mol. The van der Waals surface area contributed by atoms with Crippen LogP contribution < -0.4 is 0 Å². The van der Waals surface area contributed by atoms with Crippen LogP contribution in [0.5, 0.6) is 0 Å². The van der Waals surface area contributed by atoms with Crippen molar-refractivity contribution < 1.29 is 14.6 Å². The van der Waals surface area contributed by atoms with E-state index in [1.54, 1.807) is 18.4 Å². The molecule has 0 unspecified atom stereocenters. The highest BCUT2D eigenvalue weighted by atomic mass is 16.3. The Morgan fingerprint density at radius 1 is 1.42 bits per heavy atom. The van der Waals surface area contributed by atoms with Crippen molar-refractivity contribution in [2.24, 2.45) is 0 Å². The van der Waals surface area contributed by atoms with Crippen LogP contribution in [-0.4, -0.2) is 23.4 Å². The molecular weight excluding hydrogens is 156 g/mol. The summed E-state index contributed by atoms with van der Waals surface area (Å²) in [4.78, 5) is 0. The second kappa shape index (κ2) is 3.74. The van der Waals surface area contributed by atoms with E-state index >= 15 is 0 Å². The van der Waals surface area contributed by atoms with Gasteiger partial charge in [0.1, 0.15) is 5.76 Å². The maximum atomic E-state index is 9.13. The Morgan fingerprint density at radius 2 is 2.08 bits per heavy atom. The molecule has 0 atom stereocenters. The Kier molecular flexibility index (Phi) is 2.89. The molecule has 0 spiro atoms. The van der Waals surface area contributed by atoms with Gasteiger partial charge in [0, 0.05) is 0 Å². The molecule has 0 saturated carbocycles. The molecular formula is C9H14O3. The van der Waals surface area contributed by atoms with Gasteiger partial charge in [0.05, 0.1) is 24.9 Å². The van der Waals surface area contributed by atoms with Crippen molar-refractivity contribution in [3.05, 3.63) is 24.2 Å². The number of aliphatic hydroxyl groups is 2. The summed E-state index contributed by atoms with van der Waals surface area (Å²) in [5, 5.41) is 18.3. The lowest BCUT2D eigenvalue weighted by Gasteiger charge is -2.25. The Bertz CT molecular complexity index is 203. The Labute approximate surface area is 71.6 Å². The minimum atomic E-state index is -0.608. The lowest BCUT2D eigenvalue weighted by atomic mass is 9.84. The van der Waals surface area contributed by atoms with Gasteiger partial charge in [-0.2, -0.15) is 0 Å². The van der Waals surface area contributed by atoms with Crippen LogP contribution in [0.15, 0.2) is 22.8 Å². The molecule has 12 heavy (non-hydrogen) atoms. The number of hydrogen-bond acceptors (Lipinski definition) is 3. The molecule has 0 aliphatic heterocycles. The summed E-state index contributed by atoms with van der Waals surface area (Å²) >= 11 is 0. The second-order valence-electron chi connectivity index (χ2n) is 2.93. The van der Waals surface area contributed by atoms with Gasteiger partial charge in [-0.3, -0.25) is 0 Å². The summed E-state index contributed by atoms with van der Waals surface area (Å²) in [7, 11) is 0. The van der Waals surface area contributed by atoms with Gasteiger partial charge in [0.15, 0.2) is 0 Å². The highest BCUT2D eigenvalue weighted by Gasteiger charge is 2.31. The first-order valence-electron chi connectivity index (χ1n) is 4.05. The zero-order valence-corrected chi connectivity index (χ0v) is 7.16. The SMILES string of the molecule is CCC(CO)(CO)c1ccco1. The number of aliphatic hydroxyl groups excluding tert-OH is 2. The largest absolute Gasteiger partial charge is 0.469 e. The van der Waals surface area contributed by atoms with Crippen LogP contribution in [0.4, 0.5) is 0 Å². The highest BCUT2D eigenvalue weighted by Crippen LogP contribution is 2.27. The van der Waals surface area contributed by atoms with E-state index in [0.717, 1.165) is 0 Å². The van der Waals surface area contributed by atoms with E-state index in [4.69, 9.17) is 14.6 Å². The van der Waals surface area contributed by atoms with Crippen LogP contribution in [0.1, 0.15) is 19.1 Å². The maximum Gasteiger partial charge on any atom is 0.114 e. The van der Waals surface area contributed by atoms with Crippen LogP contribution in [0.25, 0.3) is 0 Å². The summed E-state index contributed by atoms with van der Waals surface area (Å²) in [6.45, 7) is 1.73. The minimum Gasteiger partial charge on any atom is -0.469 e. The molecule has 1 aromatic heterocycles. The molecule has 68 valence electrons. The van der Waals surface area contributed by atoms with Crippen LogP contribution in [0.2, 0.25) is 0 Å². The third kappa shape index (κ3) is 1.38. The van der Waals surface area contributed by atoms with Crippen molar-refractivity contribution in [3.63, 3.8) is 0 Å². The summed E-state index contributed by atoms with van der Waals surface area (Å²) in [6, 6.07) is 3.53. The Morgan fingerprint density at radius 3 is 2.42 bits per heavy atom. The monoisotopic (exact) mass is 170 g/mol. The molecule has 3 heteroatoms. The van der Waals surface area contributed by atoms with Crippen molar-refractivity contribution in [3.8, 4) is 0 Å². The third-order valence-corrected chi connectivity index (χ3v) is 2.33. The summed E-state index contributed by atoms with van der Waals surface area (Å²) < 4.78 is 5.15. The highest BCUT2D eigenvalue weighted by molar-refractivity contribution is 5.13. The van der Waals surface area contributed by atoms with Gasteiger partial charge < -0.3 is 14.6 Å². The van der Waals surface area contributed by atoms with Gasteiger partial charge in [-0.05, 0) is 18.6 Å². The minimum absolute atomic E-state index is 0.0898. The first kappa shape index (κ1) is 9.29. The van der Waals surface area contributed by atoms with E-state index in [1.165, 1.54) is 0 Å². The van der Waals surface area contributed by atoms with Crippen molar-refractivity contribution in [1.29, 1.82) is 0 Å². The summed E-state index contributed by atoms with van der Waals surface area (Å²) in [5.41, 5.74) is -0.608. The van der Waals surface area contributed by atoms with Crippen molar-refractivity contribution in [2.75, 3.05) is 13.2 Å². The molecule has 0 amide bonds. The van der Waals surface area contributed by atoms with Crippen LogP contribution in [0.3, 0.4) is 0 Å². The Balaban J connectivity index is 2.93. The molecule has 0 aliphatic rings. The number of furan rings is 1. The molecule has 3 nitrogen and oxygen atoms in total. The molecule has 0 aromatic carbocycles. The molecule has 0 aliphatic carbocycles. The summed E-state index contributed by atoms with van der Waals surface area (Å²) in [6.07, 6.45) is 2.21. The molecule has 0 bridgehead atoms. The smallest absolute Gasteiger partial charge is 0.114 e. The first-order valence-corrected chi connectivity index (χ1v) is 4.05. The predicted octanol–water partition coefficient (Wildman–Crippen LogP) is 0.912. The zero-order valence-electron chi connectivity index (χ0n) is 7.16. The third-order valence-electron chi connectivity index (χ3n) is 2.33.